The summed E-state index contributed by atoms with van der Waals surface area (Å²) in [5.74, 6) is -0.0685. The van der Waals surface area contributed by atoms with Crippen molar-refractivity contribution >= 4 is 11.9 Å². The molecule has 0 aromatic rings. The van der Waals surface area contributed by atoms with Gasteiger partial charge in [0, 0.05) is 12.8 Å². The second kappa shape index (κ2) is 56.7. The molecule has 6 heteroatoms. The van der Waals surface area contributed by atoms with Gasteiger partial charge in [-0.1, -0.05) is 275 Å². The zero-order valence-corrected chi connectivity index (χ0v) is 44.9. The molecule has 6 nitrogen and oxygen atoms in total. The maximum Gasteiger partial charge on any atom is 0.305 e. The Balaban J connectivity index is 3.38. The fourth-order valence-electron chi connectivity index (χ4n) is 9.08. The van der Waals surface area contributed by atoms with E-state index in [1.54, 1.807) is 6.08 Å². The minimum atomic E-state index is -0.843. The van der Waals surface area contributed by atoms with E-state index in [0.717, 1.165) is 51.4 Å². The molecule has 0 saturated heterocycles. The molecule has 0 aromatic carbocycles. The quantitative estimate of drug-likeness (QED) is 0.0321. The number of nitrogens with one attached hydrogen (secondary N) is 1. The summed E-state index contributed by atoms with van der Waals surface area (Å²) in [4.78, 5) is 24.5. The van der Waals surface area contributed by atoms with Gasteiger partial charge in [0.2, 0.25) is 5.91 Å². The van der Waals surface area contributed by atoms with Gasteiger partial charge in [0.1, 0.15) is 0 Å². The summed E-state index contributed by atoms with van der Waals surface area (Å²) in [6.07, 6.45) is 70.4. The molecule has 0 aliphatic carbocycles. The van der Waals surface area contributed by atoms with Crippen molar-refractivity contribution in [1.29, 1.82) is 0 Å². The highest BCUT2D eigenvalue weighted by Gasteiger charge is 2.18. The van der Waals surface area contributed by atoms with Crippen LogP contribution in [0.25, 0.3) is 0 Å². The maximum atomic E-state index is 12.4. The lowest BCUT2D eigenvalue weighted by molar-refractivity contribution is -0.143. The van der Waals surface area contributed by atoms with Crippen molar-refractivity contribution in [1.82, 2.24) is 5.32 Å². The molecule has 2 unspecified atom stereocenters. The van der Waals surface area contributed by atoms with Crippen LogP contribution in [0.1, 0.15) is 316 Å². The van der Waals surface area contributed by atoms with Crippen LogP contribution in [-0.4, -0.2) is 47.4 Å². The van der Waals surface area contributed by atoms with E-state index in [1.165, 1.54) is 238 Å². The molecule has 0 spiro atoms. The van der Waals surface area contributed by atoms with E-state index in [2.05, 4.69) is 43.5 Å². The van der Waals surface area contributed by atoms with Crippen molar-refractivity contribution in [3.8, 4) is 0 Å². The van der Waals surface area contributed by atoms with Gasteiger partial charge in [-0.2, -0.15) is 0 Å². The molecule has 0 saturated carbocycles. The number of esters is 1. The molecule has 0 heterocycles. The summed E-state index contributed by atoms with van der Waals surface area (Å²) in [6.45, 7) is 4.87. The van der Waals surface area contributed by atoms with E-state index in [4.69, 9.17) is 4.74 Å². The molecule has 1 amide bonds. The highest BCUT2D eigenvalue weighted by Crippen LogP contribution is 2.17. The molecule has 0 aliphatic heterocycles. The Hall–Kier alpha value is -1.92. The smallest absolute Gasteiger partial charge is 0.305 e. The lowest BCUT2D eigenvalue weighted by atomic mass is 10.0. The molecule has 3 N–H and O–H groups in total. The van der Waals surface area contributed by atoms with Crippen LogP contribution in [0.4, 0.5) is 0 Å². The number of ether oxygens (including phenoxy) is 1. The third-order valence-electron chi connectivity index (χ3n) is 13.7. The molecule has 0 aromatic heterocycles. The standard InChI is InChI=1S/C61H115NO5/c1-3-5-7-9-11-13-15-16-17-28-31-35-39-43-47-51-55-61(66)67-56-52-48-44-40-36-32-29-26-24-22-20-18-19-21-23-25-27-30-34-38-42-46-50-54-60(65)62-58(57-63)59(64)53-49-45-41-37-33-14-12-10-8-6-4-2/h13,15,17,28,49,53,58-59,63-64H,3-12,14,16,18-27,29-48,50-52,54-57H2,1-2H3,(H,62,65)/b15-13-,28-17-,53-49+. The number of hydrogen-bond donors (Lipinski definition) is 3. The number of unbranched alkanes of at least 4 members (excludes halogenated alkanes) is 40. The first-order valence-electron chi connectivity index (χ1n) is 29.8. The SMILES string of the molecule is CCCCCC/C=C\C/C=C\CCCCCCCC(=O)OCCCCCCCCCCCCCCCCCCCCCCCCCC(=O)NC(CO)C(O)/C=C/CCCCCCCCCCC. The predicted octanol–water partition coefficient (Wildman–Crippen LogP) is 18.4. The Morgan fingerprint density at radius 1 is 0.418 bits per heavy atom. The minimum Gasteiger partial charge on any atom is -0.466 e. The van der Waals surface area contributed by atoms with Crippen molar-refractivity contribution in [3.05, 3.63) is 36.5 Å². The van der Waals surface area contributed by atoms with E-state index in [-0.39, 0.29) is 18.5 Å². The number of allylic oxidation sites excluding steroid dienone is 5. The number of carbonyl (C=O) groups excluding carboxylic acids is 2. The van der Waals surface area contributed by atoms with Gasteiger partial charge in [0.25, 0.3) is 0 Å². The van der Waals surface area contributed by atoms with Crippen LogP contribution in [0.15, 0.2) is 36.5 Å². The topological polar surface area (TPSA) is 95.9 Å². The summed E-state index contributed by atoms with van der Waals surface area (Å²) >= 11 is 0. The third kappa shape index (κ3) is 53.3. The predicted molar refractivity (Wildman–Crippen MR) is 292 cm³/mol. The molecule has 2 atom stereocenters. The van der Waals surface area contributed by atoms with Crippen LogP contribution >= 0.6 is 0 Å². The van der Waals surface area contributed by atoms with Crippen LogP contribution in [0.5, 0.6) is 0 Å². The van der Waals surface area contributed by atoms with Gasteiger partial charge < -0.3 is 20.3 Å². The van der Waals surface area contributed by atoms with Gasteiger partial charge in [-0.15, -0.1) is 0 Å². The van der Waals surface area contributed by atoms with Crippen LogP contribution in [-0.2, 0) is 14.3 Å². The lowest BCUT2D eigenvalue weighted by Crippen LogP contribution is -2.45. The van der Waals surface area contributed by atoms with Crippen molar-refractivity contribution in [2.75, 3.05) is 13.2 Å². The molecule has 0 bridgehead atoms. The van der Waals surface area contributed by atoms with Gasteiger partial charge in [-0.25, -0.2) is 0 Å². The minimum absolute atomic E-state index is 0.000152. The molecule has 0 radical (unpaired) electrons. The van der Waals surface area contributed by atoms with Gasteiger partial charge in [-0.05, 0) is 64.2 Å². The monoisotopic (exact) mass is 942 g/mol. The summed E-state index contributed by atoms with van der Waals surface area (Å²) in [7, 11) is 0. The zero-order valence-electron chi connectivity index (χ0n) is 44.9. The molecular formula is C61H115NO5. The molecule has 0 rings (SSSR count). The van der Waals surface area contributed by atoms with E-state index in [0.29, 0.717) is 19.4 Å². The van der Waals surface area contributed by atoms with Crippen molar-refractivity contribution in [3.63, 3.8) is 0 Å². The number of aliphatic hydroxyl groups is 2. The largest absolute Gasteiger partial charge is 0.466 e. The van der Waals surface area contributed by atoms with Crippen LogP contribution < -0.4 is 5.32 Å². The maximum absolute atomic E-state index is 12.4. The normalized spacial score (nSPS) is 12.8. The van der Waals surface area contributed by atoms with Crippen LogP contribution in [0.2, 0.25) is 0 Å². The second-order valence-corrected chi connectivity index (χ2v) is 20.3. The van der Waals surface area contributed by atoms with Crippen molar-refractivity contribution in [2.45, 2.75) is 328 Å². The number of rotatable bonds is 55. The zero-order chi connectivity index (χ0) is 48.6. The molecule has 394 valence electrons. The number of hydrogen-bond acceptors (Lipinski definition) is 5. The van der Waals surface area contributed by atoms with Crippen molar-refractivity contribution < 1.29 is 24.5 Å². The Kier molecular flexibility index (Phi) is 55.0. The fourth-order valence-corrected chi connectivity index (χ4v) is 9.08. The van der Waals surface area contributed by atoms with E-state index in [1.807, 2.05) is 6.08 Å². The van der Waals surface area contributed by atoms with Gasteiger partial charge >= 0.3 is 5.97 Å². The van der Waals surface area contributed by atoms with E-state index >= 15 is 0 Å². The molecule has 0 fully saturated rings. The first-order chi connectivity index (χ1) is 33.0. The van der Waals surface area contributed by atoms with Crippen LogP contribution in [0, 0.1) is 0 Å². The Morgan fingerprint density at radius 3 is 1.15 bits per heavy atom. The van der Waals surface area contributed by atoms with Gasteiger partial charge in [0.15, 0.2) is 0 Å². The average Bonchev–Trinajstić information content (AvgIpc) is 3.33. The average molecular weight is 943 g/mol. The Labute approximate surface area is 417 Å². The molecular weight excluding hydrogens is 827 g/mol. The second-order valence-electron chi connectivity index (χ2n) is 20.3. The summed E-state index contributed by atoms with van der Waals surface area (Å²) < 4.78 is 5.48. The van der Waals surface area contributed by atoms with Gasteiger partial charge in [-0.3, -0.25) is 9.59 Å². The van der Waals surface area contributed by atoms with Gasteiger partial charge in [0.05, 0.1) is 25.4 Å². The Morgan fingerprint density at radius 2 is 0.746 bits per heavy atom. The highest BCUT2D eigenvalue weighted by molar-refractivity contribution is 5.76. The summed E-state index contributed by atoms with van der Waals surface area (Å²) in [6, 6.07) is -0.626. The van der Waals surface area contributed by atoms with E-state index in [9.17, 15) is 19.8 Å². The van der Waals surface area contributed by atoms with E-state index < -0.39 is 12.1 Å². The Bertz CT molecular complexity index is 1090. The summed E-state index contributed by atoms with van der Waals surface area (Å²) in [5, 5.41) is 23.0. The van der Waals surface area contributed by atoms with Crippen molar-refractivity contribution in [2.24, 2.45) is 0 Å². The number of aliphatic hydroxyl groups excluding tert-OH is 2. The fraction of sp³-hybridized carbons (Fsp3) is 0.869. The first-order valence-corrected chi connectivity index (χ1v) is 29.8. The highest BCUT2D eigenvalue weighted by atomic mass is 16.5. The van der Waals surface area contributed by atoms with Crippen LogP contribution in [0.3, 0.4) is 0 Å². The number of carbonyl (C=O) groups is 2. The molecule has 0 aliphatic rings. The summed E-state index contributed by atoms with van der Waals surface area (Å²) in [5.41, 5.74) is 0. The first kappa shape index (κ1) is 65.1. The lowest BCUT2D eigenvalue weighted by Gasteiger charge is -2.20. The number of amides is 1. The third-order valence-corrected chi connectivity index (χ3v) is 13.7. The molecule has 67 heavy (non-hydrogen) atoms.